The van der Waals surface area contributed by atoms with Crippen LogP contribution in [-0.2, 0) is 26.6 Å². The Kier molecular flexibility index (Phi) is 5.26. The number of anilines is 1. The zero-order valence-electron chi connectivity index (χ0n) is 13.1. The van der Waals surface area contributed by atoms with Crippen molar-refractivity contribution in [3.05, 3.63) is 59.9 Å². The average Bonchev–Trinajstić information content (AvgIpc) is 2.52. The van der Waals surface area contributed by atoms with Gasteiger partial charge in [-0.25, -0.2) is 25.9 Å². The van der Waals surface area contributed by atoms with Crippen LogP contribution in [0.25, 0.3) is 0 Å². The van der Waals surface area contributed by atoms with Gasteiger partial charge in [-0.15, -0.1) is 0 Å². The molecule has 2 aromatic rings. The fourth-order valence-electron chi connectivity index (χ4n) is 1.89. The van der Waals surface area contributed by atoms with Crippen LogP contribution in [0.4, 0.5) is 10.1 Å². The van der Waals surface area contributed by atoms with Gasteiger partial charge in [0.1, 0.15) is 5.82 Å². The molecule has 0 bridgehead atoms. The Morgan fingerprint density at radius 3 is 2.00 bits per heavy atom. The molecule has 1 N–H and O–H groups in total. The van der Waals surface area contributed by atoms with E-state index in [2.05, 4.69) is 4.72 Å². The minimum absolute atomic E-state index is 0.0303. The number of sulfonamides is 2. The van der Waals surface area contributed by atoms with Gasteiger partial charge in [0.2, 0.25) is 20.0 Å². The number of hydrogen-bond acceptors (Lipinski definition) is 4. The number of hydrogen-bond donors (Lipinski definition) is 1. The first-order chi connectivity index (χ1) is 11.1. The lowest BCUT2D eigenvalue weighted by atomic mass is 10.2. The van der Waals surface area contributed by atoms with Crippen LogP contribution >= 0.6 is 0 Å². The molecule has 0 aliphatic heterocycles. The number of nitrogens with one attached hydrogen (secondary N) is 1. The first-order valence-corrected chi connectivity index (χ1v) is 10.2. The predicted octanol–water partition coefficient (Wildman–Crippen LogP) is 1.70. The van der Waals surface area contributed by atoms with Crippen LogP contribution in [0.1, 0.15) is 5.56 Å². The molecule has 0 aliphatic carbocycles. The van der Waals surface area contributed by atoms with Crippen LogP contribution in [-0.4, -0.2) is 30.1 Å². The summed E-state index contributed by atoms with van der Waals surface area (Å²) >= 11 is 0. The second kappa shape index (κ2) is 6.88. The van der Waals surface area contributed by atoms with E-state index in [-0.39, 0.29) is 11.4 Å². The normalized spacial score (nSPS) is 12.1. The van der Waals surface area contributed by atoms with Gasteiger partial charge in [-0.05, 0) is 42.0 Å². The third kappa shape index (κ3) is 4.53. The molecule has 2 aromatic carbocycles. The van der Waals surface area contributed by atoms with Crippen LogP contribution < -0.4 is 9.03 Å². The van der Waals surface area contributed by atoms with Gasteiger partial charge in [0.25, 0.3) is 0 Å². The third-order valence-electron chi connectivity index (χ3n) is 3.39. The first-order valence-electron chi connectivity index (χ1n) is 6.88. The summed E-state index contributed by atoms with van der Waals surface area (Å²) in [6.07, 6.45) is 1.09. The Morgan fingerprint density at radius 1 is 0.958 bits per heavy atom. The summed E-state index contributed by atoms with van der Waals surface area (Å²) in [6, 6.07) is 10.9. The smallest absolute Gasteiger partial charge is 0.240 e. The maximum atomic E-state index is 12.9. The highest BCUT2D eigenvalue weighted by molar-refractivity contribution is 7.92. The molecule has 0 amide bonds. The Hall–Kier alpha value is -1.97. The van der Waals surface area contributed by atoms with Crippen LogP contribution in [0.5, 0.6) is 0 Å². The molecule has 0 atom stereocenters. The van der Waals surface area contributed by atoms with Crippen molar-refractivity contribution in [3.63, 3.8) is 0 Å². The van der Waals surface area contributed by atoms with Gasteiger partial charge in [0, 0.05) is 13.6 Å². The van der Waals surface area contributed by atoms with E-state index in [1.54, 1.807) is 24.3 Å². The highest BCUT2D eigenvalue weighted by Crippen LogP contribution is 2.17. The first kappa shape index (κ1) is 18.4. The second-order valence-corrected chi connectivity index (χ2v) is 8.96. The second-order valence-electron chi connectivity index (χ2n) is 5.18. The minimum atomic E-state index is -3.75. The van der Waals surface area contributed by atoms with Gasteiger partial charge in [-0.2, -0.15) is 0 Å². The molecule has 0 unspecified atom stereocenters. The van der Waals surface area contributed by atoms with E-state index in [9.17, 15) is 21.2 Å². The Bertz CT molecular complexity index is 909. The van der Waals surface area contributed by atoms with Crippen molar-refractivity contribution >= 4 is 25.7 Å². The monoisotopic (exact) mass is 372 g/mol. The molecule has 2 rings (SSSR count). The zero-order chi connectivity index (χ0) is 18.0. The summed E-state index contributed by atoms with van der Waals surface area (Å²) in [6.45, 7) is 0.0303. The summed E-state index contributed by atoms with van der Waals surface area (Å²) < 4.78 is 63.5. The van der Waals surface area contributed by atoms with Crippen molar-refractivity contribution in [2.24, 2.45) is 0 Å². The van der Waals surface area contributed by atoms with Crippen LogP contribution in [0.2, 0.25) is 0 Å². The van der Waals surface area contributed by atoms with Crippen LogP contribution in [0, 0.1) is 5.82 Å². The lowest BCUT2D eigenvalue weighted by Gasteiger charge is -2.16. The van der Waals surface area contributed by atoms with Gasteiger partial charge < -0.3 is 0 Å². The van der Waals surface area contributed by atoms with Gasteiger partial charge in [-0.3, -0.25) is 4.31 Å². The molecule has 6 nitrogen and oxygen atoms in total. The summed E-state index contributed by atoms with van der Waals surface area (Å²) in [5.74, 6) is -0.514. The number of rotatable bonds is 6. The molecular weight excluding hydrogens is 355 g/mol. The summed E-state index contributed by atoms with van der Waals surface area (Å²) in [5.41, 5.74) is 1.13. The Labute approximate surface area is 141 Å². The topological polar surface area (TPSA) is 83.6 Å². The molecule has 0 aliphatic rings. The highest BCUT2D eigenvalue weighted by Gasteiger charge is 2.14. The fourth-order valence-corrected chi connectivity index (χ4v) is 3.41. The number of benzene rings is 2. The molecule has 0 radical (unpaired) electrons. The van der Waals surface area contributed by atoms with Crippen molar-refractivity contribution in [1.29, 1.82) is 0 Å². The van der Waals surface area contributed by atoms with Crippen molar-refractivity contribution in [3.8, 4) is 0 Å². The SMILES string of the molecule is CN(c1ccc(CNS(=O)(=O)c2ccc(F)cc2)cc1)S(C)(=O)=O. The maximum Gasteiger partial charge on any atom is 0.240 e. The molecule has 24 heavy (non-hydrogen) atoms. The fraction of sp³-hybridized carbons (Fsp3) is 0.200. The van der Waals surface area contributed by atoms with Gasteiger partial charge in [0.15, 0.2) is 0 Å². The lowest BCUT2D eigenvalue weighted by Crippen LogP contribution is -2.25. The largest absolute Gasteiger partial charge is 0.274 e. The van der Waals surface area contributed by atoms with Crippen molar-refractivity contribution in [2.75, 3.05) is 17.6 Å². The average molecular weight is 372 g/mol. The minimum Gasteiger partial charge on any atom is -0.274 e. The molecule has 0 saturated heterocycles. The quantitative estimate of drug-likeness (QED) is 0.837. The summed E-state index contributed by atoms with van der Waals surface area (Å²) in [4.78, 5) is -0.0303. The van der Waals surface area contributed by atoms with E-state index in [4.69, 9.17) is 0 Å². The van der Waals surface area contributed by atoms with Gasteiger partial charge >= 0.3 is 0 Å². The zero-order valence-corrected chi connectivity index (χ0v) is 14.7. The van der Waals surface area contributed by atoms with Crippen LogP contribution in [0.15, 0.2) is 53.4 Å². The molecular formula is C15H17FN2O4S2. The van der Waals surface area contributed by atoms with Gasteiger partial charge in [-0.1, -0.05) is 12.1 Å². The van der Waals surface area contributed by atoms with Crippen LogP contribution in [0.3, 0.4) is 0 Å². The standard InChI is InChI=1S/C15H17FN2O4S2/c1-18(23(2,19)20)14-7-3-12(4-8-14)11-17-24(21,22)15-9-5-13(16)6-10-15/h3-10,17H,11H2,1-2H3. The van der Waals surface area contributed by atoms with E-state index in [1.165, 1.54) is 19.2 Å². The Morgan fingerprint density at radius 2 is 1.50 bits per heavy atom. The molecule has 0 saturated carbocycles. The number of nitrogens with zero attached hydrogens (tertiary/aromatic N) is 1. The number of halogens is 1. The molecule has 0 fully saturated rings. The molecule has 0 spiro atoms. The molecule has 130 valence electrons. The third-order valence-corrected chi connectivity index (χ3v) is 6.01. The van der Waals surface area contributed by atoms with E-state index in [1.807, 2.05) is 0 Å². The molecule has 0 heterocycles. The molecule has 0 aromatic heterocycles. The lowest BCUT2D eigenvalue weighted by molar-refractivity contribution is 0.580. The molecule has 9 heteroatoms. The van der Waals surface area contributed by atoms with E-state index < -0.39 is 25.9 Å². The van der Waals surface area contributed by atoms with Crippen molar-refractivity contribution in [1.82, 2.24) is 4.72 Å². The summed E-state index contributed by atoms with van der Waals surface area (Å²) in [7, 11) is -5.67. The van der Waals surface area contributed by atoms with E-state index in [0.29, 0.717) is 11.3 Å². The van der Waals surface area contributed by atoms with E-state index >= 15 is 0 Å². The Balaban J connectivity index is 2.08. The summed E-state index contributed by atoms with van der Waals surface area (Å²) in [5, 5.41) is 0. The van der Waals surface area contributed by atoms with E-state index in [0.717, 1.165) is 22.7 Å². The van der Waals surface area contributed by atoms with Crippen molar-refractivity contribution in [2.45, 2.75) is 11.4 Å². The van der Waals surface area contributed by atoms with Gasteiger partial charge in [0.05, 0.1) is 16.8 Å². The predicted molar refractivity (Wildman–Crippen MR) is 90.1 cm³/mol. The maximum absolute atomic E-state index is 12.9. The van der Waals surface area contributed by atoms with Crippen molar-refractivity contribution < 1.29 is 21.2 Å². The highest BCUT2D eigenvalue weighted by atomic mass is 32.2.